The standard InChI is InChI=1S/C26H35N5O.HI/c1-2-27-26(29-18-22-16-25(32)30-24-9-5-4-8-23(22)24)28-17-20-10-12-21(13-11-20)19-31-14-6-3-7-15-31;/h4-5,8-13,22H,2-3,6-7,14-19H2,1H3,(H,30,32)(H2,27,28,29);1H. The highest BCUT2D eigenvalue weighted by Gasteiger charge is 2.24. The first-order valence-electron chi connectivity index (χ1n) is 11.9. The van der Waals surface area contributed by atoms with E-state index in [1.807, 2.05) is 18.2 Å². The summed E-state index contributed by atoms with van der Waals surface area (Å²) in [6.45, 7) is 7.64. The maximum Gasteiger partial charge on any atom is 0.225 e. The molecule has 6 nitrogen and oxygen atoms in total. The molecule has 1 unspecified atom stereocenters. The number of hydrogen-bond acceptors (Lipinski definition) is 3. The number of likely N-dealkylation sites (tertiary alicyclic amines) is 1. The molecule has 0 aliphatic carbocycles. The van der Waals surface area contributed by atoms with Gasteiger partial charge in [-0.3, -0.25) is 9.69 Å². The number of fused-ring (bicyclic) bond motifs is 1. The number of para-hydroxylation sites is 1. The summed E-state index contributed by atoms with van der Waals surface area (Å²) in [5.41, 5.74) is 4.67. The molecule has 0 bridgehead atoms. The number of carbonyl (C=O) groups is 1. The SMILES string of the molecule is CCNC(=NCc1ccc(CN2CCCCC2)cc1)NCC1CC(=O)Nc2ccccc21.I. The quantitative estimate of drug-likeness (QED) is 0.265. The number of hydrogen-bond donors (Lipinski definition) is 3. The van der Waals surface area contributed by atoms with Crippen molar-refractivity contribution >= 4 is 41.5 Å². The smallest absolute Gasteiger partial charge is 0.225 e. The van der Waals surface area contributed by atoms with Crippen LogP contribution >= 0.6 is 24.0 Å². The van der Waals surface area contributed by atoms with Gasteiger partial charge in [0.2, 0.25) is 5.91 Å². The van der Waals surface area contributed by atoms with E-state index in [1.54, 1.807) is 0 Å². The highest BCUT2D eigenvalue weighted by Crippen LogP contribution is 2.31. The van der Waals surface area contributed by atoms with Crippen molar-refractivity contribution in [3.63, 3.8) is 0 Å². The summed E-state index contributed by atoms with van der Waals surface area (Å²) in [4.78, 5) is 19.4. The number of carbonyl (C=O) groups excluding carboxylic acids is 1. The van der Waals surface area contributed by atoms with Crippen LogP contribution < -0.4 is 16.0 Å². The first-order valence-corrected chi connectivity index (χ1v) is 11.9. The van der Waals surface area contributed by atoms with Crippen LogP contribution in [0.4, 0.5) is 5.69 Å². The first kappa shape index (κ1) is 25.5. The van der Waals surface area contributed by atoms with E-state index in [1.165, 1.54) is 49.0 Å². The third-order valence-electron chi connectivity index (χ3n) is 6.26. The van der Waals surface area contributed by atoms with Gasteiger partial charge in [-0.1, -0.05) is 48.9 Å². The largest absolute Gasteiger partial charge is 0.357 e. The lowest BCUT2D eigenvalue weighted by Gasteiger charge is -2.26. The molecular formula is C26H36IN5O. The van der Waals surface area contributed by atoms with Crippen molar-refractivity contribution in [2.24, 2.45) is 4.99 Å². The molecule has 0 spiro atoms. The normalized spacial score (nSPS) is 18.6. The van der Waals surface area contributed by atoms with Crippen LogP contribution in [0, 0.1) is 0 Å². The molecule has 2 heterocycles. The van der Waals surface area contributed by atoms with E-state index in [0.717, 1.165) is 24.7 Å². The summed E-state index contributed by atoms with van der Waals surface area (Å²) in [5, 5.41) is 9.73. The molecular weight excluding hydrogens is 525 g/mol. The molecule has 1 fully saturated rings. The van der Waals surface area contributed by atoms with Gasteiger partial charge in [-0.15, -0.1) is 24.0 Å². The van der Waals surface area contributed by atoms with Crippen molar-refractivity contribution in [1.29, 1.82) is 0 Å². The Labute approximate surface area is 214 Å². The van der Waals surface area contributed by atoms with Gasteiger partial charge < -0.3 is 16.0 Å². The van der Waals surface area contributed by atoms with Gasteiger partial charge in [0.05, 0.1) is 6.54 Å². The average Bonchev–Trinajstić information content (AvgIpc) is 2.82. The Morgan fingerprint density at radius 1 is 1.03 bits per heavy atom. The van der Waals surface area contributed by atoms with Gasteiger partial charge in [-0.2, -0.15) is 0 Å². The minimum atomic E-state index is 0. The Hall–Kier alpha value is -2.13. The van der Waals surface area contributed by atoms with E-state index in [2.05, 4.69) is 58.1 Å². The van der Waals surface area contributed by atoms with Crippen LogP contribution in [0.15, 0.2) is 53.5 Å². The van der Waals surface area contributed by atoms with E-state index in [0.29, 0.717) is 19.5 Å². The van der Waals surface area contributed by atoms with Crippen LogP contribution in [0.1, 0.15) is 55.2 Å². The van der Waals surface area contributed by atoms with Crippen molar-refractivity contribution in [3.8, 4) is 0 Å². The van der Waals surface area contributed by atoms with Gasteiger partial charge in [-0.05, 0) is 55.6 Å². The Kier molecular flexibility index (Phi) is 9.99. The van der Waals surface area contributed by atoms with Crippen LogP contribution in [0.3, 0.4) is 0 Å². The number of rotatable bonds is 7. The number of piperidine rings is 1. The number of anilines is 1. The summed E-state index contributed by atoms with van der Waals surface area (Å²) >= 11 is 0. The molecule has 178 valence electrons. The zero-order valence-corrected chi connectivity index (χ0v) is 21.8. The molecule has 4 rings (SSSR count). The van der Waals surface area contributed by atoms with Crippen molar-refractivity contribution in [3.05, 3.63) is 65.2 Å². The number of aliphatic imine (C=N–C) groups is 1. The van der Waals surface area contributed by atoms with Crippen molar-refractivity contribution in [2.45, 2.75) is 51.6 Å². The van der Waals surface area contributed by atoms with Crippen LogP contribution in [-0.2, 0) is 17.9 Å². The van der Waals surface area contributed by atoms with Crippen LogP contribution in [0.5, 0.6) is 0 Å². The van der Waals surface area contributed by atoms with Gasteiger partial charge in [0.25, 0.3) is 0 Å². The highest BCUT2D eigenvalue weighted by molar-refractivity contribution is 14.0. The number of benzene rings is 2. The van der Waals surface area contributed by atoms with E-state index < -0.39 is 0 Å². The molecule has 0 aromatic heterocycles. The predicted octanol–water partition coefficient (Wildman–Crippen LogP) is 4.47. The zero-order chi connectivity index (χ0) is 22.2. The lowest BCUT2D eigenvalue weighted by Crippen LogP contribution is -2.40. The Balaban J connectivity index is 0.00000306. The molecule has 0 radical (unpaired) electrons. The second-order valence-corrected chi connectivity index (χ2v) is 8.77. The lowest BCUT2D eigenvalue weighted by molar-refractivity contribution is -0.116. The van der Waals surface area contributed by atoms with Gasteiger partial charge in [0.1, 0.15) is 0 Å². The molecule has 2 aromatic carbocycles. The fourth-order valence-electron chi connectivity index (χ4n) is 4.54. The number of nitrogens with zero attached hydrogens (tertiary/aromatic N) is 2. The van der Waals surface area contributed by atoms with Crippen LogP contribution in [-0.4, -0.2) is 42.9 Å². The maximum atomic E-state index is 12.1. The minimum absolute atomic E-state index is 0. The van der Waals surface area contributed by atoms with Gasteiger partial charge in [-0.25, -0.2) is 4.99 Å². The van der Waals surface area contributed by atoms with Gasteiger partial charge >= 0.3 is 0 Å². The van der Waals surface area contributed by atoms with E-state index in [-0.39, 0.29) is 35.8 Å². The maximum absolute atomic E-state index is 12.1. The second-order valence-electron chi connectivity index (χ2n) is 8.77. The molecule has 1 atom stereocenters. The first-order chi connectivity index (χ1) is 15.7. The molecule has 0 saturated carbocycles. The van der Waals surface area contributed by atoms with Crippen LogP contribution in [0.25, 0.3) is 0 Å². The van der Waals surface area contributed by atoms with E-state index in [4.69, 9.17) is 4.99 Å². The topological polar surface area (TPSA) is 68.8 Å². The fourth-order valence-corrected chi connectivity index (χ4v) is 4.54. The second kappa shape index (κ2) is 12.9. The molecule has 1 saturated heterocycles. The van der Waals surface area contributed by atoms with Crippen molar-refractivity contribution in [1.82, 2.24) is 15.5 Å². The summed E-state index contributed by atoms with van der Waals surface area (Å²) in [6.07, 6.45) is 4.51. The Bertz CT molecular complexity index is 925. The van der Waals surface area contributed by atoms with Gasteiger partial charge in [0.15, 0.2) is 5.96 Å². The highest BCUT2D eigenvalue weighted by atomic mass is 127. The number of amides is 1. The summed E-state index contributed by atoms with van der Waals surface area (Å²) in [6, 6.07) is 16.9. The third-order valence-corrected chi connectivity index (χ3v) is 6.26. The molecule has 3 N–H and O–H groups in total. The summed E-state index contributed by atoms with van der Waals surface area (Å²) < 4.78 is 0. The minimum Gasteiger partial charge on any atom is -0.357 e. The Morgan fingerprint density at radius 2 is 1.76 bits per heavy atom. The average molecular weight is 562 g/mol. The molecule has 2 aliphatic heterocycles. The van der Waals surface area contributed by atoms with Crippen molar-refractivity contribution in [2.75, 3.05) is 31.5 Å². The number of halogens is 1. The Morgan fingerprint density at radius 3 is 2.52 bits per heavy atom. The molecule has 33 heavy (non-hydrogen) atoms. The molecule has 1 amide bonds. The van der Waals surface area contributed by atoms with Crippen molar-refractivity contribution < 1.29 is 4.79 Å². The van der Waals surface area contributed by atoms with E-state index >= 15 is 0 Å². The predicted molar refractivity (Wildman–Crippen MR) is 146 cm³/mol. The third kappa shape index (κ3) is 7.43. The molecule has 2 aliphatic rings. The summed E-state index contributed by atoms with van der Waals surface area (Å²) in [5.74, 6) is 0.994. The lowest BCUT2D eigenvalue weighted by atomic mass is 9.90. The molecule has 7 heteroatoms. The number of nitrogens with one attached hydrogen (secondary N) is 3. The zero-order valence-electron chi connectivity index (χ0n) is 19.5. The van der Waals surface area contributed by atoms with E-state index in [9.17, 15) is 4.79 Å². The molecule has 2 aromatic rings. The summed E-state index contributed by atoms with van der Waals surface area (Å²) in [7, 11) is 0. The monoisotopic (exact) mass is 561 g/mol. The fraction of sp³-hybridized carbons (Fsp3) is 0.462. The van der Waals surface area contributed by atoms with Gasteiger partial charge in [0, 0.05) is 37.7 Å². The number of guanidine groups is 1. The van der Waals surface area contributed by atoms with Crippen LogP contribution in [0.2, 0.25) is 0 Å².